The predicted molar refractivity (Wildman–Crippen MR) is 122 cm³/mol. The van der Waals surface area contributed by atoms with Gasteiger partial charge in [0.15, 0.2) is 0 Å². The van der Waals surface area contributed by atoms with Crippen molar-refractivity contribution in [2.75, 3.05) is 6.61 Å². The Morgan fingerprint density at radius 3 is 2.57 bits per heavy atom. The number of nitrogens with one attached hydrogen (secondary N) is 1. The van der Waals surface area contributed by atoms with Gasteiger partial charge >= 0.3 is 0 Å². The monoisotopic (exact) mass is 406 g/mol. The topological polar surface area (TPSA) is 64.3 Å². The van der Waals surface area contributed by atoms with E-state index in [0.29, 0.717) is 6.61 Å². The number of carbonyl (C=O) groups excluding carboxylic acids is 1. The molecule has 5 heteroatoms. The van der Waals surface area contributed by atoms with Crippen LogP contribution in [0.2, 0.25) is 0 Å². The average Bonchev–Trinajstić information content (AvgIpc) is 2.72. The molecule has 28 heavy (non-hydrogen) atoms. The van der Waals surface area contributed by atoms with Gasteiger partial charge in [-0.05, 0) is 32.8 Å². The summed E-state index contributed by atoms with van der Waals surface area (Å²) in [5, 5.41) is 3.01. The minimum Gasteiger partial charge on any atom is -0.367 e. The quantitative estimate of drug-likeness (QED) is 0.515. The molecular formula is C23H38N2O2S. The summed E-state index contributed by atoms with van der Waals surface area (Å²) in [6, 6.07) is -0.105. The Bertz CT molecular complexity index is 643. The van der Waals surface area contributed by atoms with Crippen LogP contribution in [0.4, 0.5) is 0 Å². The van der Waals surface area contributed by atoms with Gasteiger partial charge in [-0.3, -0.25) is 4.79 Å². The van der Waals surface area contributed by atoms with Crippen molar-refractivity contribution < 1.29 is 9.53 Å². The molecule has 3 unspecified atom stereocenters. The Labute approximate surface area is 175 Å². The molecule has 1 rings (SSSR count). The molecule has 3 atom stereocenters. The maximum atomic E-state index is 11.6. The molecule has 0 aromatic heterocycles. The van der Waals surface area contributed by atoms with E-state index in [2.05, 4.69) is 57.8 Å². The molecule has 1 aliphatic rings. The lowest BCUT2D eigenvalue weighted by molar-refractivity contribution is -0.120. The van der Waals surface area contributed by atoms with Gasteiger partial charge in [0.25, 0.3) is 0 Å². The molecule has 0 aliphatic heterocycles. The van der Waals surface area contributed by atoms with Crippen LogP contribution in [-0.2, 0) is 9.53 Å². The first-order valence-electron chi connectivity index (χ1n) is 9.83. The van der Waals surface area contributed by atoms with Crippen molar-refractivity contribution in [3.8, 4) is 0 Å². The summed E-state index contributed by atoms with van der Waals surface area (Å²) < 4.78 is 6.10. The average molecular weight is 407 g/mol. The van der Waals surface area contributed by atoms with Crippen molar-refractivity contribution in [2.24, 2.45) is 11.1 Å². The molecule has 0 fully saturated rings. The first kappa shape index (κ1) is 24.7. The Morgan fingerprint density at radius 1 is 1.39 bits per heavy atom. The second kappa shape index (κ2) is 9.95. The van der Waals surface area contributed by atoms with Crippen LogP contribution in [0.1, 0.15) is 54.9 Å². The summed E-state index contributed by atoms with van der Waals surface area (Å²) >= 11 is 1.76. The molecule has 158 valence electrons. The predicted octanol–water partition coefficient (Wildman–Crippen LogP) is 4.74. The molecule has 0 heterocycles. The van der Waals surface area contributed by atoms with Gasteiger partial charge in [0.05, 0.1) is 6.61 Å². The summed E-state index contributed by atoms with van der Waals surface area (Å²) in [6.07, 6.45) is 13.1. The molecule has 4 nitrogen and oxygen atoms in total. The highest BCUT2D eigenvalue weighted by atomic mass is 32.2. The SMILES string of the molecule is C=CC1=CC(C)(COC(C)SC(C)(C)CC(NC(C)=O)C(C)(C)N)C=CC=C1. The zero-order valence-corrected chi connectivity index (χ0v) is 19.4. The normalized spacial score (nSPS) is 22.2. The molecule has 1 aliphatic carbocycles. The van der Waals surface area contributed by atoms with Crippen molar-refractivity contribution in [1.82, 2.24) is 5.32 Å². The van der Waals surface area contributed by atoms with Gasteiger partial charge in [-0.15, -0.1) is 11.8 Å². The molecule has 1 amide bonds. The fourth-order valence-corrected chi connectivity index (χ4v) is 4.50. The van der Waals surface area contributed by atoms with E-state index < -0.39 is 5.54 Å². The number of allylic oxidation sites excluding steroid dienone is 5. The summed E-state index contributed by atoms with van der Waals surface area (Å²) in [4.78, 5) is 11.6. The van der Waals surface area contributed by atoms with Gasteiger partial charge < -0.3 is 15.8 Å². The molecule has 0 radical (unpaired) electrons. The molecular weight excluding hydrogens is 368 g/mol. The lowest BCUT2D eigenvalue weighted by Gasteiger charge is -2.38. The molecule has 0 aromatic rings. The molecule has 0 saturated carbocycles. The summed E-state index contributed by atoms with van der Waals surface area (Å²) in [7, 11) is 0. The highest BCUT2D eigenvalue weighted by molar-refractivity contribution is 8.01. The second-order valence-electron chi connectivity index (χ2n) is 9.11. The third-order valence-electron chi connectivity index (χ3n) is 4.69. The smallest absolute Gasteiger partial charge is 0.217 e. The molecule has 0 spiro atoms. The number of hydrogen-bond acceptors (Lipinski definition) is 4. The van der Waals surface area contributed by atoms with Crippen LogP contribution >= 0.6 is 11.8 Å². The largest absolute Gasteiger partial charge is 0.367 e. The van der Waals surface area contributed by atoms with Gasteiger partial charge in [-0.1, -0.05) is 63.8 Å². The number of rotatable bonds is 10. The number of amides is 1. The number of nitrogens with two attached hydrogens (primary N) is 1. The summed E-state index contributed by atoms with van der Waals surface area (Å²) in [5.41, 5.74) is 6.73. The van der Waals surface area contributed by atoms with Crippen LogP contribution in [0.3, 0.4) is 0 Å². The Morgan fingerprint density at radius 2 is 2.04 bits per heavy atom. The van der Waals surface area contributed by atoms with E-state index in [0.717, 1.165) is 12.0 Å². The number of hydrogen-bond donors (Lipinski definition) is 2. The fraction of sp³-hybridized carbons (Fsp3) is 0.609. The third kappa shape index (κ3) is 8.80. The second-order valence-corrected chi connectivity index (χ2v) is 11.1. The first-order valence-corrected chi connectivity index (χ1v) is 10.7. The molecule has 0 aromatic carbocycles. The minimum atomic E-state index is -0.495. The van der Waals surface area contributed by atoms with E-state index in [9.17, 15) is 4.79 Å². The number of carbonyl (C=O) groups is 1. The van der Waals surface area contributed by atoms with Crippen molar-refractivity contribution in [3.05, 3.63) is 48.6 Å². The Hall–Kier alpha value is -1.30. The van der Waals surface area contributed by atoms with Gasteiger partial charge in [-0.25, -0.2) is 0 Å². The highest BCUT2D eigenvalue weighted by Crippen LogP contribution is 2.36. The van der Waals surface area contributed by atoms with Crippen LogP contribution in [0, 0.1) is 5.41 Å². The van der Waals surface area contributed by atoms with Gasteiger partial charge in [0.1, 0.15) is 5.44 Å². The molecule has 3 N–H and O–H groups in total. The first-order chi connectivity index (χ1) is 12.8. The van der Waals surface area contributed by atoms with Crippen LogP contribution in [0.15, 0.2) is 48.6 Å². The fourth-order valence-electron chi connectivity index (χ4n) is 3.20. The summed E-state index contributed by atoms with van der Waals surface area (Å²) in [5.74, 6) is -0.0554. The van der Waals surface area contributed by atoms with Crippen LogP contribution in [-0.4, -0.2) is 34.3 Å². The van der Waals surface area contributed by atoms with E-state index in [4.69, 9.17) is 10.5 Å². The number of thioether (sulfide) groups is 1. The zero-order chi connectivity index (χ0) is 21.6. The van der Waals surface area contributed by atoms with E-state index in [-0.39, 0.29) is 27.5 Å². The maximum Gasteiger partial charge on any atom is 0.217 e. The van der Waals surface area contributed by atoms with E-state index >= 15 is 0 Å². The van der Waals surface area contributed by atoms with Gasteiger partial charge in [0, 0.05) is 28.7 Å². The van der Waals surface area contributed by atoms with Crippen molar-refractivity contribution in [3.63, 3.8) is 0 Å². The Balaban J connectivity index is 2.71. The maximum absolute atomic E-state index is 11.6. The Kier molecular flexibility index (Phi) is 8.79. The zero-order valence-electron chi connectivity index (χ0n) is 18.5. The van der Waals surface area contributed by atoms with Gasteiger partial charge in [-0.2, -0.15) is 0 Å². The van der Waals surface area contributed by atoms with E-state index in [1.165, 1.54) is 6.92 Å². The van der Waals surface area contributed by atoms with Crippen LogP contribution < -0.4 is 11.1 Å². The minimum absolute atomic E-state index is 0.0101. The van der Waals surface area contributed by atoms with Crippen molar-refractivity contribution in [2.45, 2.75) is 76.7 Å². The van der Waals surface area contributed by atoms with Crippen LogP contribution in [0.25, 0.3) is 0 Å². The van der Waals surface area contributed by atoms with Gasteiger partial charge in [0.2, 0.25) is 5.91 Å². The lowest BCUT2D eigenvalue weighted by Crippen LogP contribution is -2.56. The third-order valence-corrected chi connectivity index (χ3v) is 5.97. The van der Waals surface area contributed by atoms with Crippen molar-refractivity contribution >= 4 is 17.7 Å². The standard InChI is InChI=1S/C23H38N2O2S/c1-9-19-12-10-11-13-23(8,14-19)16-27-18(3)28-21(4,5)15-20(22(6,7)24)25-17(2)26/h9-14,18,20H,1,15-16,24H2,2-8H3,(H,25,26). The van der Waals surface area contributed by atoms with Crippen molar-refractivity contribution in [1.29, 1.82) is 0 Å². The number of ether oxygens (including phenoxy) is 1. The molecule has 0 saturated heterocycles. The summed E-state index contributed by atoms with van der Waals surface area (Å²) in [6.45, 7) is 18.5. The highest BCUT2D eigenvalue weighted by Gasteiger charge is 2.34. The van der Waals surface area contributed by atoms with E-state index in [1.54, 1.807) is 11.8 Å². The van der Waals surface area contributed by atoms with E-state index in [1.807, 2.05) is 32.1 Å². The van der Waals surface area contributed by atoms with Crippen LogP contribution in [0.5, 0.6) is 0 Å². The lowest BCUT2D eigenvalue weighted by atomic mass is 9.88. The molecule has 0 bridgehead atoms.